The number of nitrogens with two attached hydrogens (primary N) is 1. The summed E-state index contributed by atoms with van der Waals surface area (Å²) < 4.78 is 7.58. The minimum absolute atomic E-state index is 0.381. The Bertz CT molecular complexity index is 437. The van der Waals surface area contributed by atoms with Crippen molar-refractivity contribution in [1.29, 1.82) is 0 Å². The molecule has 2 N–H and O–H groups in total. The van der Waals surface area contributed by atoms with Crippen LogP contribution in [-0.4, -0.2) is 0 Å². The van der Waals surface area contributed by atoms with E-state index in [0.29, 0.717) is 11.7 Å². The van der Waals surface area contributed by atoms with Crippen molar-refractivity contribution in [3.63, 3.8) is 0 Å². The molecule has 0 heterocycles. The molecule has 0 saturated carbocycles. The van der Waals surface area contributed by atoms with E-state index >= 15 is 0 Å². The van der Waals surface area contributed by atoms with E-state index < -0.39 is 0 Å². The number of hydrogen-bond acceptors (Lipinski definition) is 1. The molecule has 0 aliphatic heterocycles. The highest BCUT2D eigenvalue weighted by Crippen LogP contribution is 2.19. The first-order chi connectivity index (χ1) is 6.77. The smallest absolute Gasteiger partial charge is 0.0645 e. The Morgan fingerprint density at radius 2 is 1.54 bits per heavy atom. The normalized spacial score (nSPS) is 10.9. The Morgan fingerprint density at radius 3 is 2.23 bits per heavy atom. The van der Waals surface area contributed by atoms with Gasteiger partial charge in [0.25, 0.3) is 0 Å². The zero-order chi connectivity index (χ0) is 9.97. The summed E-state index contributed by atoms with van der Waals surface area (Å²) in [6.45, 7) is 0. The van der Waals surface area contributed by atoms with Crippen LogP contribution in [0.25, 0.3) is 11.1 Å². The van der Waals surface area contributed by atoms with Crippen molar-refractivity contribution in [2.75, 3.05) is 5.73 Å². The Hall–Kier alpha value is -1.76. The molecule has 0 amide bonds. The van der Waals surface area contributed by atoms with E-state index in [0.717, 1.165) is 11.1 Å². The van der Waals surface area contributed by atoms with E-state index in [2.05, 4.69) is 0 Å². The van der Waals surface area contributed by atoms with Gasteiger partial charge in [-0.15, -0.1) is 0 Å². The van der Waals surface area contributed by atoms with Gasteiger partial charge in [-0.3, -0.25) is 0 Å². The molecule has 1 nitrogen and oxygen atoms in total. The summed E-state index contributed by atoms with van der Waals surface area (Å²) >= 11 is 0. The van der Waals surface area contributed by atoms with Crippen LogP contribution < -0.4 is 5.73 Å². The van der Waals surface area contributed by atoms with Crippen LogP contribution in [0.1, 0.15) is 1.37 Å². The zero-order valence-corrected chi connectivity index (χ0v) is 7.20. The molecule has 0 aromatic heterocycles. The summed E-state index contributed by atoms with van der Waals surface area (Å²) in [5, 5.41) is 0. The third kappa shape index (κ3) is 1.70. The predicted octanol–water partition coefficient (Wildman–Crippen LogP) is 2.94. The molecule has 0 unspecified atom stereocenters. The van der Waals surface area contributed by atoms with Crippen molar-refractivity contribution in [3.8, 4) is 11.1 Å². The summed E-state index contributed by atoms with van der Waals surface area (Å²) in [4.78, 5) is 0. The van der Waals surface area contributed by atoms with Gasteiger partial charge >= 0.3 is 0 Å². The highest BCUT2D eigenvalue weighted by atomic mass is 14.5. The maximum absolute atomic E-state index is 7.58. The number of anilines is 1. The van der Waals surface area contributed by atoms with Crippen LogP contribution in [0.5, 0.6) is 0 Å². The highest BCUT2D eigenvalue weighted by molar-refractivity contribution is 5.65. The lowest BCUT2D eigenvalue weighted by molar-refractivity contribution is 1.61. The van der Waals surface area contributed by atoms with Crippen molar-refractivity contribution in [2.24, 2.45) is 0 Å². The van der Waals surface area contributed by atoms with Gasteiger partial charge in [0.1, 0.15) is 0 Å². The van der Waals surface area contributed by atoms with Gasteiger partial charge in [0.2, 0.25) is 0 Å². The zero-order valence-electron chi connectivity index (χ0n) is 8.20. The second-order valence-electron chi connectivity index (χ2n) is 2.90. The molecule has 0 aliphatic carbocycles. The summed E-state index contributed by atoms with van der Waals surface area (Å²) in [6.07, 6.45) is 0. The molecule has 0 radical (unpaired) electrons. The third-order valence-corrected chi connectivity index (χ3v) is 1.94. The van der Waals surface area contributed by atoms with Crippen LogP contribution in [0.3, 0.4) is 0 Å². The second kappa shape index (κ2) is 3.31. The topological polar surface area (TPSA) is 26.0 Å². The molecule has 0 atom stereocenters. The molecule has 2 aromatic rings. The van der Waals surface area contributed by atoms with Crippen LogP contribution in [-0.2, 0) is 0 Å². The molecule has 0 aliphatic rings. The van der Waals surface area contributed by atoms with E-state index in [1.165, 1.54) is 0 Å². The average molecular weight is 170 g/mol. The first kappa shape index (κ1) is 6.72. The lowest BCUT2D eigenvalue weighted by Gasteiger charge is -2.00. The molecular weight excluding hydrogens is 158 g/mol. The van der Waals surface area contributed by atoms with Crippen molar-refractivity contribution in [3.05, 3.63) is 54.6 Å². The van der Waals surface area contributed by atoms with Crippen LogP contribution in [0, 0.1) is 0 Å². The molecule has 0 bridgehead atoms. The monoisotopic (exact) mass is 170 g/mol. The van der Waals surface area contributed by atoms with Gasteiger partial charge in [-0.25, -0.2) is 0 Å². The standard InChI is InChI=1S/C12H11N/c13-12-8-6-11(7-9-12)10-4-2-1-3-5-10/h1-9H,13H2/i8D. The van der Waals surface area contributed by atoms with E-state index in [1.54, 1.807) is 12.1 Å². The molecule has 64 valence electrons. The van der Waals surface area contributed by atoms with Crippen LogP contribution in [0.15, 0.2) is 54.6 Å². The van der Waals surface area contributed by atoms with E-state index in [-0.39, 0.29) is 0 Å². The first-order valence-corrected chi connectivity index (χ1v) is 4.19. The molecule has 0 spiro atoms. The maximum Gasteiger partial charge on any atom is 0.0645 e. The van der Waals surface area contributed by atoms with Gasteiger partial charge in [0.15, 0.2) is 0 Å². The van der Waals surface area contributed by atoms with Gasteiger partial charge in [0, 0.05) is 5.69 Å². The van der Waals surface area contributed by atoms with Gasteiger partial charge < -0.3 is 5.73 Å². The quantitative estimate of drug-likeness (QED) is 0.654. The SMILES string of the molecule is [2H]c1cc(-c2ccccc2)ccc1N. The van der Waals surface area contributed by atoms with Crippen molar-refractivity contribution in [1.82, 2.24) is 0 Å². The molecule has 2 aromatic carbocycles. The van der Waals surface area contributed by atoms with Crippen LogP contribution in [0.4, 0.5) is 5.69 Å². The molecule has 13 heavy (non-hydrogen) atoms. The number of hydrogen-bond donors (Lipinski definition) is 1. The summed E-state index contributed by atoms with van der Waals surface area (Å²) in [5.74, 6) is 0. The highest BCUT2D eigenvalue weighted by Gasteiger charge is 1.94. The Labute approximate surface area is 79.2 Å². The Kier molecular flexibility index (Phi) is 1.71. The van der Waals surface area contributed by atoms with E-state index in [9.17, 15) is 0 Å². The lowest BCUT2D eigenvalue weighted by atomic mass is 10.1. The van der Waals surface area contributed by atoms with Gasteiger partial charge in [-0.1, -0.05) is 42.5 Å². The number of benzene rings is 2. The van der Waals surface area contributed by atoms with E-state index in [1.807, 2.05) is 36.4 Å². The third-order valence-electron chi connectivity index (χ3n) is 1.94. The Morgan fingerprint density at radius 1 is 0.846 bits per heavy atom. The van der Waals surface area contributed by atoms with Gasteiger partial charge in [-0.05, 0) is 23.2 Å². The average Bonchev–Trinajstić information content (AvgIpc) is 2.23. The minimum Gasteiger partial charge on any atom is -0.399 e. The lowest BCUT2D eigenvalue weighted by Crippen LogP contribution is -1.83. The molecular formula is C12H11N. The fourth-order valence-corrected chi connectivity index (χ4v) is 1.25. The fourth-order valence-electron chi connectivity index (χ4n) is 1.25. The molecule has 1 heteroatoms. The van der Waals surface area contributed by atoms with E-state index in [4.69, 9.17) is 7.10 Å². The van der Waals surface area contributed by atoms with Crippen molar-refractivity contribution in [2.45, 2.75) is 0 Å². The maximum atomic E-state index is 7.58. The largest absolute Gasteiger partial charge is 0.399 e. The van der Waals surface area contributed by atoms with Gasteiger partial charge in [0.05, 0.1) is 1.37 Å². The van der Waals surface area contributed by atoms with Gasteiger partial charge in [-0.2, -0.15) is 0 Å². The summed E-state index contributed by atoms with van der Waals surface area (Å²) in [5.41, 5.74) is 8.24. The Balaban J connectivity index is 2.48. The van der Waals surface area contributed by atoms with Crippen LogP contribution >= 0.6 is 0 Å². The molecule has 0 fully saturated rings. The summed E-state index contributed by atoms with van der Waals surface area (Å²) in [7, 11) is 0. The first-order valence-electron chi connectivity index (χ1n) is 4.69. The predicted molar refractivity (Wildman–Crippen MR) is 56.3 cm³/mol. The number of rotatable bonds is 1. The van der Waals surface area contributed by atoms with Crippen LogP contribution in [0.2, 0.25) is 0 Å². The molecule has 2 rings (SSSR count). The van der Waals surface area contributed by atoms with Crippen molar-refractivity contribution < 1.29 is 1.37 Å². The second-order valence-corrected chi connectivity index (χ2v) is 2.90. The summed E-state index contributed by atoms with van der Waals surface area (Å²) in [6, 6.07) is 15.8. The minimum atomic E-state index is 0.381. The van der Waals surface area contributed by atoms with Crippen molar-refractivity contribution >= 4 is 5.69 Å². The molecule has 0 saturated heterocycles. The number of nitrogen functional groups attached to an aromatic ring is 1. The fraction of sp³-hybridized carbons (Fsp3) is 0.